The zero-order chi connectivity index (χ0) is 26.0. The minimum absolute atomic E-state index is 0.109. The number of methoxy groups -OCH3 is 2. The molecule has 10 heteroatoms. The predicted molar refractivity (Wildman–Crippen MR) is 144 cm³/mol. The zero-order valence-corrected chi connectivity index (χ0v) is 21.6. The fourth-order valence-electron chi connectivity index (χ4n) is 3.41. The van der Waals surface area contributed by atoms with Crippen molar-refractivity contribution in [3.63, 3.8) is 0 Å². The Balaban J connectivity index is 1.48. The number of nitrogens with one attached hydrogen (secondary N) is 1. The summed E-state index contributed by atoms with van der Waals surface area (Å²) in [5.74, 6) is 2.76. The molecule has 0 unspecified atom stereocenters. The van der Waals surface area contributed by atoms with E-state index in [1.807, 2.05) is 84.3 Å². The lowest BCUT2D eigenvalue weighted by atomic mass is 10.2. The molecule has 1 amide bonds. The van der Waals surface area contributed by atoms with Crippen LogP contribution in [0, 0.1) is 0 Å². The van der Waals surface area contributed by atoms with Crippen LogP contribution in [0.5, 0.6) is 17.2 Å². The van der Waals surface area contributed by atoms with Crippen LogP contribution in [0.15, 0.2) is 83.1 Å². The fourth-order valence-corrected chi connectivity index (χ4v) is 4.16. The SMILES string of the molecule is CCOc1ccc(/C=N/NC(=O)CSc2nnc(-c3ccc(OC)cc3)n2-c2ccc(OC)cc2)cc1. The van der Waals surface area contributed by atoms with E-state index in [1.165, 1.54) is 11.8 Å². The molecule has 37 heavy (non-hydrogen) atoms. The van der Waals surface area contributed by atoms with Gasteiger partial charge in [-0.15, -0.1) is 10.2 Å². The van der Waals surface area contributed by atoms with Gasteiger partial charge in [0, 0.05) is 11.3 Å². The van der Waals surface area contributed by atoms with E-state index < -0.39 is 0 Å². The number of aromatic nitrogens is 3. The second-order valence-electron chi connectivity index (χ2n) is 7.65. The second-order valence-corrected chi connectivity index (χ2v) is 8.59. The first-order valence-electron chi connectivity index (χ1n) is 11.5. The van der Waals surface area contributed by atoms with Crippen molar-refractivity contribution >= 4 is 23.9 Å². The molecule has 4 aromatic rings. The van der Waals surface area contributed by atoms with Gasteiger partial charge in [-0.25, -0.2) is 5.43 Å². The first-order chi connectivity index (χ1) is 18.1. The number of thioether (sulfide) groups is 1. The van der Waals surface area contributed by atoms with E-state index in [4.69, 9.17) is 14.2 Å². The Morgan fingerprint density at radius 1 is 0.919 bits per heavy atom. The Morgan fingerprint density at radius 3 is 2.16 bits per heavy atom. The predicted octanol–water partition coefficient (Wildman–Crippen LogP) is 4.59. The molecule has 1 N–H and O–H groups in total. The van der Waals surface area contributed by atoms with E-state index in [9.17, 15) is 4.79 Å². The number of carbonyl (C=O) groups excluding carboxylic acids is 1. The Kier molecular flexibility index (Phi) is 8.77. The molecule has 0 bridgehead atoms. The van der Waals surface area contributed by atoms with Crippen LogP contribution in [-0.4, -0.2) is 53.5 Å². The molecule has 0 atom stereocenters. The first-order valence-corrected chi connectivity index (χ1v) is 12.5. The van der Waals surface area contributed by atoms with Gasteiger partial charge in [0.2, 0.25) is 0 Å². The zero-order valence-electron chi connectivity index (χ0n) is 20.7. The van der Waals surface area contributed by atoms with E-state index in [2.05, 4.69) is 20.7 Å². The summed E-state index contributed by atoms with van der Waals surface area (Å²) in [4.78, 5) is 12.5. The number of nitrogens with zero attached hydrogens (tertiary/aromatic N) is 4. The molecule has 0 radical (unpaired) electrons. The van der Waals surface area contributed by atoms with Gasteiger partial charge >= 0.3 is 0 Å². The second kappa shape index (κ2) is 12.6. The number of hydrogen-bond acceptors (Lipinski definition) is 8. The topological polar surface area (TPSA) is 99.9 Å². The van der Waals surface area contributed by atoms with E-state index in [0.717, 1.165) is 34.1 Å². The fraction of sp³-hybridized carbons (Fsp3) is 0.185. The molecular formula is C27H27N5O4S. The third-order valence-corrected chi connectivity index (χ3v) is 6.17. The Labute approximate surface area is 219 Å². The summed E-state index contributed by atoms with van der Waals surface area (Å²) in [6.07, 6.45) is 1.58. The van der Waals surface area contributed by atoms with E-state index in [0.29, 0.717) is 17.6 Å². The van der Waals surface area contributed by atoms with Gasteiger partial charge in [-0.2, -0.15) is 5.10 Å². The number of carbonyl (C=O) groups is 1. The Hall–Kier alpha value is -4.31. The lowest BCUT2D eigenvalue weighted by Crippen LogP contribution is -2.20. The monoisotopic (exact) mass is 517 g/mol. The molecule has 0 saturated carbocycles. The number of hydrogen-bond donors (Lipinski definition) is 1. The number of benzene rings is 3. The normalized spacial score (nSPS) is 10.9. The van der Waals surface area contributed by atoms with E-state index >= 15 is 0 Å². The van der Waals surface area contributed by atoms with Crippen LogP contribution in [0.4, 0.5) is 0 Å². The molecule has 190 valence electrons. The summed E-state index contributed by atoms with van der Waals surface area (Å²) in [6, 6.07) is 22.6. The highest BCUT2D eigenvalue weighted by atomic mass is 32.2. The standard InChI is InChI=1S/C27H27N5O4S/c1-4-36-24-11-5-19(6-12-24)17-28-29-25(33)18-37-27-31-30-26(20-7-13-22(34-2)14-8-20)32(27)21-9-15-23(35-3)16-10-21/h5-17H,4,18H2,1-3H3,(H,29,33)/b28-17+. The largest absolute Gasteiger partial charge is 0.497 e. The van der Waals surface area contributed by atoms with Gasteiger partial charge in [-0.3, -0.25) is 9.36 Å². The van der Waals surface area contributed by atoms with Crippen molar-refractivity contribution in [1.29, 1.82) is 0 Å². The molecule has 0 saturated heterocycles. The maximum absolute atomic E-state index is 12.5. The Morgan fingerprint density at radius 2 is 1.54 bits per heavy atom. The van der Waals surface area contributed by atoms with Gasteiger partial charge in [-0.1, -0.05) is 11.8 Å². The molecule has 0 aliphatic rings. The van der Waals surface area contributed by atoms with E-state index in [-0.39, 0.29) is 11.7 Å². The van der Waals surface area contributed by atoms with Crippen molar-refractivity contribution in [2.75, 3.05) is 26.6 Å². The van der Waals surface area contributed by atoms with Crippen LogP contribution >= 0.6 is 11.8 Å². The van der Waals surface area contributed by atoms with Crippen molar-refractivity contribution in [3.8, 4) is 34.3 Å². The number of rotatable bonds is 11. The molecule has 0 aliphatic heterocycles. The summed E-state index contributed by atoms with van der Waals surface area (Å²) in [7, 11) is 3.24. The van der Waals surface area contributed by atoms with Crippen LogP contribution in [0.25, 0.3) is 17.1 Å². The minimum atomic E-state index is -0.262. The van der Waals surface area contributed by atoms with Gasteiger partial charge < -0.3 is 14.2 Å². The molecule has 9 nitrogen and oxygen atoms in total. The van der Waals surface area contributed by atoms with Crippen LogP contribution in [0.2, 0.25) is 0 Å². The summed E-state index contributed by atoms with van der Waals surface area (Å²) < 4.78 is 17.9. The smallest absolute Gasteiger partial charge is 0.250 e. The lowest BCUT2D eigenvalue weighted by molar-refractivity contribution is -0.118. The van der Waals surface area contributed by atoms with Crippen LogP contribution < -0.4 is 19.6 Å². The molecule has 3 aromatic carbocycles. The number of hydrazone groups is 1. The van der Waals surface area contributed by atoms with Gasteiger partial charge in [-0.05, 0) is 85.3 Å². The molecule has 0 aliphatic carbocycles. The minimum Gasteiger partial charge on any atom is -0.497 e. The summed E-state index contributed by atoms with van der Waals surface area (Å²) in [6.45, 7) is 2.54. The van der Waals surface area contributed by atoms with Crippen LogP contribution in [0.1, 0.15) is 12.5 Å². The number of ether oxygens (including phenoxy) is 3. The average molecular weight is 518 g/mol. The summed E-state index contributed by atoms with van der Waals surface area (Å²) in [5.41, 5.74) is 5.11. The van der Waals surface area contributed by atoms with E-state index in [1.54, 1.807) is 20.4 Å². The lowest BCUT2D eigenvalue weighted by Gasteiger charge is -2.11. The highest BCUT2D eigenvalue weighted by molar-refractivity contribution is 7.99. The highest BCUT2D eigenvalue weighted by Crippen LogP contribution is 2.29. The molecule has 0 fully saturated rings. The van der Waals surface area contributed by atoms with Crippen molar-refractivity contribution in [3.05, 3.63) is 78.4 Å². The van der Waals surface area contributed by atoms with Gasteiger partial charge in [0.05, 0.1) is 32.8 Å². The maximum atomic E-state index is 12.5. The third-order valence-electron chi connectivity index (χ3n) is 5.24. The quantitative estimate of drug-likeness (QED) is 0.176. The van der Waals surface area contributed by atoms with Crippen molar-refractivity contribution in [2.45, 2.75) is 12.1 Å². The average Bonchev–Trinajstić information content (AvgIpc) is 3.37. The van der Waals surface area contributed by atoms with Crippen molar-refractivity contribution < 1.29 is 19.0 Å². The summed E-state index contributed by atoms with van der Waals surface area (Å²) in [5, 5.41) is 13.4. The van der Waals surface area contributed by atoms with Crippen molar-refractivity contribution in [1.82, 2.24) is 20.2 Å². The number of amides is 1. The maximum Gasteiger partial charge on any atom is 0.250 e. The molecule has 4 rings (SSSR count). The van der Waals surface area contributed by atoms with Crippen LogP contribution in [0.3, 0.4) is 0 Å². The van der Waals surface area contributed by atoms with Crippen molar-refractivity contribution in [2.24, 2.45) is 5.10 Å². The molecule has 1 heterocycles. The molecular weight excluding hydrogens is 490 g/mol. The van der Waals surface area contributed by atoms with Gasteiger partial charge in [0.15, 0.2) is 11.0 Å². The first kappa shape index (κ1) is 25.8. The summed E-state index contributed by atoms with van der Waals surface area (Å²) >= 11 is 1.27. The van der Waals surface area contributed by atoms with Gasteiger partial charge in [0.25, 0.3) is 5.91 Å². The Bertz CT molecular complexity index is 1340. The highest BCUT2D eigenvalue weighted by Gasteiger charge is 2.17. The van der Waals surface area contributed by atoms with Gasteiger partial charge in [0.1, 0.15) is 17.2 Å². The third kappa shape index (κ3) is 6.68. The van der Waals surface area contributed by atoms with Crippen LogP contribution in [-0.2, 0) is 4.79 Å². The molecule has 0 spiro atoms. The molecule has 1 aromatic heterocycles.